The standard InChI is InChI=1S/C10H13N3O2/c14-9-2-1-3-10(15)13(9)7-6-12-5-4-11-8-12/h4-5,8H,1-3,6-7H2. The zero-order chi connectivity index (χ0) is 10.7. The molecule has 0 unspecified atom stereocenters. The maximum absolute atomic E-state index is 11.4. The van der Waals surface area contributed by atoms with Crippen LogP contribution in [0.5, 0.6) is 0 Å². The number of rotatable bonds is 3. The monoisotopic (exact) mass is 207 g/mol. The van der Waals surface area contributed by atoms with Crippen LogP contribution in [0.15, 0.2) is 18.7 Å². The van der Waals surface area contributed by atoms with Gasteiger partial charge in [0.25, 0.3) is 0 Å². The Kier molecular flexibility index (Phi) is 2.80. The molecule has 2 amide bonds. The lowest BCUT2D eigenvalue weighted by molar-refractivity contribution is -0.148. The first-order chi connectivity index (χ1) is 7.27. The molecule has 5 nitrogen and oxygen atoms in total. The molecule has 1 aromatic rings. The number of hydrogen-bond donors (Lipinski definition) is 0. The van der Waals surface area contributed by atoms with Gasteiger partial charge in [0.15, 0.2) is 0 Å². The van der Waals surface area contributed by atoms with Crippen molar-refractivity contribution in [1.82, 2.24) is 14.5 Å². The third-order valence-corrected chi connectivity index (χ3v) is 2.52. The van der Waals surface area contributed by atoms with Crippen LogP contribution in [0, 0.1) is 0 Å². The van der Waals surface area contributed by atoms with E-state index in [2.05, 4.69) is 4.98 Å². The Bertz CT molecular complexity index is 343. The van der Waals surface area contributed by atoms with Crippen LogP contribution in [0.25, 0.3) is 0 Å². The molecule has 1 aliphatic rings. The SMILES string of the molecule is O=C1CCCC(=O)N1CCn1ccnc1. The van der Waals surface area contributed by atoms with Gasteiger partial charge < -0.3 is 4.57 Å². The van der Waals surface area contributed by atoms with Gasteiger partial charge in [-0.05, 0) is 6.42 Å². The topological polar surface area (TPSA) is 55.2 Å². The van der Waals surface area contributed by atoms with Crippen LogP contribution in [0.3, 0.4) is 0 Å². The van der Waals surface area contributed by atoms with Crippen LogP contribution in [0.1, 0.15) is 19.3 Å². The Hall–Kier alpha value is -1.65. The van der Waals surface area contributed by atoms with Gasteiger partial charge >= 0.3 is 0 Å². The average molecular weight is 207 g/mol. The number of carbonyl (C=O) groups is 2. The highest BCUT2D eigenvalue weighted by atomic mass is 16.2. The maximum Gasteiger partial charge on any atom is 0.229 e. The van der Waals surface area contributed by atoms with E-state index in [1.165, 1.54) is 4.90 Å². The number of carbonyl (C=O) groups excluding carboxylic acids is 2. The van der Waals surface area contributed by atoms with Crippen LogP contribution in [0.2, 0.25) is 0 Å². The van der Waals surface area contributed by atoms with E-state index in [1.54, 1.807) is 12.5 Å². The predicted octanol–water partition coefficient (Wildman–Crippen LogP) is 0.422. The first-order valence-corrected chi connectivity index (χ1v) is 5.06. The lowest BCUT2D eigenvalue weighted by Gasteiger charge is -2.24. The van der Waals surface area contributed by atoms with Crippen LogP contribution in [0.4, 0.5) is 0 Å². The number of imide groups is 1. The highest BCUT2D eigenvalue weighted by Crippen LogP contribution is 2.11. The molecule has 1 fully saturated rings. The van der Waals surface area contributed by atoms with Crippen molar-refractivity contribution in [2.75, 3.05) is 6.54 Å². The van der Waals surface area contributed by atoms with Crippen LogP contribution in [-0.2, 0) is 16.1 Å². The molecule has 0 atom stereocenters. The van der Waals surface area contributed by atoms with Crippen LogP contribution in [-0.4, -0.2) is 32.8 Å². The molecule has 0 aromatic carbocycles. The molecule has 15 heavy (non-hydrogen) atoms. The van der Waals surface area contributed by atoms with Gasteiger partial charge in [-0.15, -0.1) is 0 Å². The van der Waals surface area contributed by atoms with Gasteiger partial charge in [0, 0.05) is 38.3 Å². The molecule has 80 valence electrons. The van der Waals surface area contributed by atoms with E-state index < -0.39 is 0 Å². The van der Waals surface area contributed by atoms with Crippen molar-refractivity contribution >= 4 is 11.8 Å². The summed E-state index contributed by atoms with van der Waals surface area (Å²) in [5, 5.41) is 0. The minimum Gasteiger partial charge on any atom is -0.336 e. The third-order valence-electron chi connectivity index (χ3n) is 2.52. The molecule has 2 rings (SSSR count). The van der Waals surface area contributed by atoms with Crippen molar-refractivity contribution in [3.05, 3.63) is 18.7 Å². The molecule has 1 aromatic heterocycles. The highest BCUT2D eigenvalue weighted by Gasteiger charge is 2.25. The Labute approximate surface area is 87.7 Å². The Morgan fingerprint density at radius 2 is 1.93 bits per heavy atom. The molecule has 1 saturated heterocycles. The molecular weight excluding hydrogens is 194 g/mol. The minimum atomic E-state index is -0.0497. The number of aromatic nitrogens is 2. The van der Waals surface area contributed by atoms with E-state index in [0.29, 0.717) is 32.4 Å². The van der Waals surface area contributed by atoms with E-state index >= 15 is 0 Å². The van der Waals surface area contributed by atoms with E-state index in [4.69, 9.17) is 0 Å². The summed E-state index contributed by atoms with van der Waals surface area (Å²) in [4.78, 5) is 28.1. The first kappa shape index (κ1) is 9.89. The molecule has 0 radical (unpaired) electrons. The largest absolute Gasteiger partial charge is 0.336 e. The summed E-state index contributed by atoms with van der Waals surface area (Å²) in [7, 11) is 0. The second-order valence-corrected chi connectivity index (χ2v) is 3.59. The van der Waals surface area contributed by atoms with Gasteiger partial charge in [0.1, 0.15) is 0 Å². The Balaban J connectivity index is 1.92. The molecule has 0 spiro atoms. The third kappa shape index (κ3) is 2.23. The number of nitrogens with zero attached hydrogens (tertiary/aromatic N) is 3. The van der Waals surface area contributed by atoms with Gasteiger partial charge in [0.05, 0.1) is 6.33 Å². The lowest BCUT2D eigenvalue weighted by Crippen LogP contribution is -2.41. The summed E-state index contributed by atoms with van der Waals surface area (Å²) in [6.07, 6.45) is 6.86. The second-order valence-electron chi connectivity index (χ2n) is 3.59. The van der Waals surface area contributed by atoms with Crippen molar-refractivity contribution in [3.8, 4) is 0 Å². The zero-order valence-corrected chi connectivity index (χ0v) is 8.43. The number of imidazole rings is 1. The number of hydrogen-bond acceptors (Lipinski definition) is 3. The summed E-state index contributed by atoms with van der Waals surface area (Å²) < 4.78 is 1.86. The van der Waals surface area contributed by atoms with Crippen molar-refractivity contribution in [3.63, 3.8) is 0 Å². The molecular formula is C10H13N3O2. The summed E-state index contributed by atoms with van der Waals surface area (Å²) >= 11 is 0. The van der Waals surface area contributed by atoms with Crippen molar-refractivity contribution in [2.24, 2.45) is 0 Å². The molecule has 0 bridgehead atoms. The molecule has 5 heteroatoms. The van der Waals surface area contributed by atoms with E-state index in [9.17, 15) is 9.59 Å². The first-order valence-electron chi connectivity index (χ1n) is 5.06. The second kappa shape index (κ2) is 4.25. The van der Waals surface area contributed by atoms with Crippen molar-refractivity contribution in [2.45, 2.75) is 25.8 Å². The Morgan fingerprint density at radius 3 is 2.53 bits per heavy atom. The summed E-state index contributed by atoms with van der Waals surface area (Å²) in [6.45, 7) is 1.07. The van der Waals surface area contributed by atoms with Crippen LogP contribution < -0.4 is 0 Å². The summed E-state index contributed by atoms with van der Waals surface area (Å²) in [6, 6.07) is 0. The van der Waals surface area contributed by atoms with Gasteiger partial charge in [-0.1, -0.05) is 0 Å². The minimum absolute atomic E-state index is 0.0497. The van der Waals surface area contributed by atoms with Gasteiger partial charge in [-0.25, -0.2) is 4.98 Å². The fourth-order valence-corrected chi connectivity index (χ4v) is 1.68. The highest BCUT2D eigenvalue weighted by molar-refractivity contribution is 5.97. The molecule has 0 aliphatic carbocycles. The summed E-state index contributed by atoms with van der Waals surface area (Å²) in [5.41, 5.74) is 0. The maximum atomic E-state index is 11.4. The Morgan fingerprint density at radius 1 is 1.20 bits per heavy atom. The quantitative estimate of drug-likeness (QED) is 0.675. The van der Waals surface area contributed by atoms with Crippen molar-refractivity contribution < 1.29 is 9.59 Å². The molecule has 0 N–H and O–H groups in total. The molecule has 1 aliphatic heterocycles. The van der Waals surface area contributed by atoms with E-state index in [-0.39, 0.29) is 11.8 Å². The average Bonchev–Trinajstić information content (AvgIpc) is 2.70. The fourth-order valence-electron chi connectivity index (χ4n) is 1.68. The van der Waals surface area contributed by atoms with Gasteiger partial charge in [0.2, 0.25) is 11.8 Å². The van der Waals surface area contributed by atoms with Gasteiger partial charge in [-0.2, -0.15) is 0 Å². The zero-order valence-electron chi connectivity index (χ0n) is 8.43. The normalized spacial score (nSPS) is 17.2. The summed E-state index contributed by atoms with van der Waals surface area (Å²) in [5.74, 6) is -0.0993. The van der Waals surface area contributed by atoms with E-state index in [1.807, 2.05) is 10.8 Å². The number of piperidine rings is 1. The van der Waals surface area contributed by atoms with Crippen LogP contribution >= 0.6 is 0 Å². The smallest absolute Gasteiger partial charge is 0.229 e. The number of amides is 2. The predicted molar refractivity (Wildman–Crippen MR) is 52.8 cm³/mol. The molecule has 2 heterocycles. The molecule has 0 saturated carbocycles. The number of likely N-dealkylation sites (tertiary alicyclic amines) is 1. The fraction of sp³-hybridized carbons (Fsp3) is 0.500. The van der Waals surface area contributed by atoms with E-state index in [0.717, 1.165) is 0 Å². The van der Waals surface area contributed by atoms with Crippen molar-refractivity contribution in [1.29, 1.82) is 0 Å². The van der Waals surface area contributed by atoms with Gasteiger partial charge in [-0.3, -0.25) is 14.5 Å². The lowest BCUT2D eigenvalue weighted by atomic mass is 10.1.